The lowest BCUT2D eigenvalue weighted by molar-refractivity contribution is 0.390. The maximum Gasteiger partial charge on any atom is 0.138 e. The average molecular weight is 270 g/mol. The highest BCUT2D eigenvalue weighted by molar-refractivity contribution is 5.77. The Kier molecular flexibility index (Phi) is 3.32. The van der Waals surface area contributed by atoms with E-state index in [4.69, 9.17) is 8.94 Å². The third-order valence-electron chi connectivity index (χ3n) is 3.58. The zero-order chi connectivity index (χ0) is 14.1. The summed E-state index contributed by atoms with van der Waals surface area (Å²) in [6, 6.07) is 10.3. The van der Waals surface area contributed by atoms with E-state index in [1.165, 1.54) is 0 Å². The number of nitrogens with zero attached hydrogens (tertiary/aromatic N) is 1. The van der Waals surface area contributed by atoms with E-state index in [0.717, 1.165) is 33.7 Å². The summed E-state index contributed by atoms with van der Waals surface area (Å²) in [7, 11) is 0. The molecule has 0 radical (unpaired) electrons. The van der Waals surface area contributed by atoms with Gasteiger partial charge in [-0.3, -0.25) is 0 Å². The molecule has 1 atom stereocenters. The summed E-state index contributed by atoms with van der Waals surface area (Å²) in [5, 5.41) is 8.57. The fraction of sp³-hybridized carbons (Fsp3) is 0.312. The van der Waals surface area contributed by atoms with E-state index in [2.05, 4.69) is 29.5 Å². The van der Waals surface area contributed by atoms with Crippen LogP contribution in [0, 0.1) is 13.8 Å². The number of furan rings is 1. The molecule has 0 amide bonds. The molecule has 1 unspecified atom stereocenters. The van der Waals surface area contributed by atoms with Gasteiger partial charge < -0.3 is 14.3 Å². The molecule has 0 spiro atoms. The van der Waals surface area contributed by atoms with Crippen LogP contribution in [0.15, 0.2) is 39.3 Å². The van der Waals surface area contributed by atoms with Crippen LogP contribution in [0.3, 0.4) is 0 Å². The number of rotatable bonds is 4. The molecule has 0 fully saturated rings. The molecule has 0 saturated carbocycles. The first-order chi connectivity index (χ1) is 9.65. The highest BCUT2D eigenvalue weighted by Crippen LogP contribution is 2.23. The van der Waals surface area contributed by atoms with E-state index < -0.39 is 0 Å². The lowest BCUT2D eigenvalue weighted by atomic mass is 10.1. The molecule has 0 aliphatic heterocycles. The Labute approximate surface area is 117 Å². The molecule has 0 aliphatic carbocycles. The lowest BCUT2D eigenvalue weighted by Crippen LogP contribution is -2.18. The summed E-state index contributed by atoms with van der Waals surface area (Å²) in [6.07, 6.45) is 0. The summed E-state index contributed by atoms with van der Waals surface area (Å²) in [4.78, 5) is 0. The van der Waals surface area contributed by atoms with Crippen LogP contribution < -0.4 is 5.32 Å². The first kappa shape index (κ1) is 12.9. The maximum atomic E-state index is 5.79. The van der Waals surface area contributed by atoms with E-state index in [9.17, 15) is 0 Å². The van der Waals surface area contributed by atoms with E-state index in [-0.39, 0.29) is 6.04 Å². The van der Waals surface area contributed by atoms with Gasteiger partial charge in [-0.2, -0.15) is 0 Å². The minimum atomic E-state index is 0.175. The van der Waals surface area contributed by atoms with Crippen LogP contribution in [0.5, 0.6) is 0 Å². The Morgan fingerprint density at radius 3 is 2.75 bits per heavy atom. The molecule has 3 rings (SSSR count). The lowest BCUT2D eigenvalue weighted by Gasteiger charge is -2.12. The normalized spacial score (nSPS) is 12.9. The minimum Gasteiger partial charge on any atom is -0.460 e. The van der Waals surface area contributed by atoms with Crippen LogP contribution in [0.1, 0.15) is 35.7 Å². The van der Waals surface area contributed by atoms with Crippen LogP contribution in [-0.4, -0.2) is 5.16 Å². The summed E-state index contributed by atoms with van der Waals surface area (Å²) in [6.45, 7) is 6.69. The Morgan fingerprint density at radius 1 is 1.25 bits per heavy atom. The van der Waals surface area contributed by atoms with Crippen molar-refractivity contribution in [2.45, 2.75) is 33.4 Å². The van der Waals surface area contributed by atoms with Crippen molar-refractivity contribution in [2.24, 2.45) is 0 Å². The third-order valence-corrected chi connectivity index (χ3v) is 3.58. The van der Waals surface area contributed by atoms with Crippen molar-refractivity contribution < 1.29 is 8.94 Å². The summed E-state index contributed by atoms with van der Waals surface area (Å²) in [5.41, 5.74) is 2.99. The van der Waals surface area contributed by atoms with Crippen LogP contribution in [-0.2, 0) is 6.54 Å². The monoisotopic (exact) mass is 270 g/mol. The van der Waals surface area contributed by atoms with E-state index in [1.807, 2.05) is 32.0 Å². The van der Waals surface area contributed by atoms with Gasteiger partial charge >= 0.3 is 0 Å². The number of aryl methyl sites for hydroxylation is 2. The highest BCUT2D eigenvalue weighted by atomic mass is 16.5. The van der Waals surface area contributed by atoms with Gasteiger partial charge in [0.15, 0.2) is 0 Å². The SMILES string of the molecule is Cc1noc(C)c1C(C)NCc1cc2ccccc2o1. The van der Waals surface area contributed by atoms with Crippen molar-refractivity contribution in [3.05, 3.63) is 53.1 Å². The van der Waals surface area contributed by atoms with Crippen LogP contribution >= 0.6 is 0 Å². The number of hydrogen-bond acceptors (Lipinski definition) is 4. The van der Waals surface area contributed by atoms with Crippen LogP contribution in [0.2, 0.25) is 0 Å². The fourth-order valence-electron chi connectivity index (χ4n) is 2.59. The summed E-state index contributed by atoms with van der Waals surface area (Å²) in [5.74, 6) is 1.80. The number of nitrogens with one attached hydrogen (secondary N) is 1. The van der Waals surface area contributed by atoms with Gasteiger partial charge in [-0.25, -0.2) is 0 Å². The molecule has 1 N–H and O–H groups in total. The Bertz CT molecular complexity index is 674. The first-order valence-corrected chi connectivity index (χ1v) is 6.79. The topological polar surface area (TPSA) is 51.2 Å². The average Bonchev–Trinajstić information content (AvgIpc) is 2.99. The molecular weight excluding hydrogens is 252 g/mol. The zero-order valence-electron chi connectivity index (χ0n) is 11.9. The molecule has 4 heteroatoms. The van der Waals surface area contributed by atoms with Gasteiger partial charge in [-0.1, -0.05) is 23.4 Å². The van der Waals surface area contributed by atoms with Crippen molar-refractivity contribution in [2.75, 3.05) is 0 Å². The number of benzene rings is 1. The van der Waals surface area contributed by atoms with Gasteiger partial charge in [0.05, 0.1) is 12.2 Å². The van der Waals surface area contributed by atoms with Crippen molar-refractivity contribution in [3.63, 3.8) is 0 Å². The molecule has 4 nitrogen and oxygen atoms in total. The second-order valence-electron chi connectivity index (χ2n) is 5.09. The molecule has 2 aromatic heterocycles. The quantitative estimate of drug-likeness (QED) is 0.781. The molecule has 3 aromatic rings. The van der Waals surface area contributed by atoms with Crippen molar-refractivity contribution >= 4 is 11.0 Å². The summed E-state index contributed by atoms with van der Waals surface area (Å²) < 4.78 is 11.0. The highest BCUT2D eigenvalue weighted by Gasteiger charge is 2.16. The Balaban J connectivity index is 1.73. The van der Waals surface area contributed by atoms with Crippen molar-refractivity contribution in [3.8, 4) is 0 Å². The second kappa shape index (κ2) is 5.13. The zero-order valence-corrected chi connectivity index (χ0v) is 11.9. The second-order valence-corrected chi connectivity index (χ2v) is 5.09. The molecule has 0 bridgehead atoms. The largest absolute Gasteiger partial charge is 0.460 e. The van der Waals surface area contributed by atoms with Crippen molar-refractivity contribution in [1.29, 1.82) is 0 Å². The molecule has 20 heavy (non-hydrogen) atoms. The van der Waals surface area contributed by atoms with Gasteiger partial charge in [0.25, 0.3) is 0 Å². The predicted octanol–water partition coefficient (Wildman–Crippen LogP) is 3.89. The van der Waals surface area contributed by atoms with Gasteiger partial charge in [0.2, 0.25) is 0 Å². The number of fused-ring (bicyclic) bond motifs is 1. The van der Waals surface area contributed by atoms with Gasteiger partial charge in [-0.05, 0) is 32.9 Å². The minimum absolute atomic E-state index is 0.175. The molecule has 0 aliphatic rings. The number of aromatic nitrogens is 1. The molecule has 0 saturated heterocycles. The molecule has 2 heterocycles. The Morgan fingerprint density at radius 2 is 2.05 bits per heavy atom. The standard InChI is InChI=1S/C16H18N2O2/c1-10(16-11(2)18-20-12(16)3)17-9-14-8-13-6-4-5-7-15(13)19-14/h4-8,10,17H,9H2,1-3H3. The smallest absolute Gasteiger partial charge is 0.138 e. The van der Waals surface area contributed by atoms with Crippen LogP contribution in [0.4, 0.5) is 0 Å². The van der Waals surface area contributed by atoms with E-state index in [0.29, 0.717) is 6.54 Å². The summed E-state index contributed by atoms with van der Waals surface area (Å²) >= 11 is 0. The van der Waals surface area contributed by atoms with Crippen molar-refractivity contribution in [1.82, 2.24) is 10.5 Å². The molecule has 1 aromatic carbocycles. The third kappa shape index (κ3) is 2.34. The van der Waals surface area contributed by atoms with Gasteiger partial charge in [0.1, 0.15) is 17.1 Å². The van der Waals surface area contributed by atoms with E-state index in [1.54, 1.807) is 0 Å². The molecular formula is C16H18N2O2. The Hall–Kier alpha value is -2.07. The number of para-hydroxylation sites is 1. The van der Waals surface area contributed by atoms with E-state index >= 15 is 0 Å². The maximum absolute atomic E-state index is 5.79. The van der Waals surface area contributed by atoms with Gasteiger partial charge in [0, 0.05) is 17.0 Å². The van der Waals surface area contributed by atoms with Gasteiger partial charge in [-0.15, -0.1) is 0 Å². The predicted molar refractivity (Wildman–Crippen MR) is 77.4 cm³/mol. The number of hydrogen-bond donors (Lipinski definition) is 1. The first-order valence-electron chi connectivity index (χ1n) is 6.79. The van der Waals surface area contributed by atoms with Crippen LogP contribution in [0.25, 0.3) is 11.0 Å². The fourth-order valence-corrected chi connectivity index (χ4v) is 2.59. The molecule has 104 valence electrons.